The third-order valence-electron chi connectivity index (χ3n) is 4.20. The highest BCUT2D eigenvalue weighted by Crippen LogP contribution is 2.25. The highest BCUT2D eigenvalue weighted by atomic mass is 35.5. The molecule has 4 heteroatoms. The van der Waals surface area contributed by atoms with Crippen LogP contribution < -0.4 is 5.56 Å². The maximum Gasteiger partial charge on any atom is 0.258 e. The molecule has 128 valence electrons. The second-order valence-electron chi connectivity index (χ2n) is 7.23. The summed E-state index contributed by atoms with van der Waals surface area (Å²) in [4.78, 5) is 16.9. The van der Waals surface area contributed by atoms with Crippen molar-refractivity contribution in [1.29, 1.82) is 0 Å². The number of nitrogens with zero attached hydrogens (tertiary/aromatic N) is 2. The number of halogens is 1. The van der Waals surface area contributed by atoms with Gasteiger partial charge in [0.2, 0.25) is 0 Å². The van der Waals surface area contributed by atoms with Crippen LogP contribution in [-0.2, 0) is 5.41 Å². The first-order valence-electron chi connectivity index (χ1n) is 8.23. The van der Waals surface area contributed by atoms with E-state index in [1.165, 1.54) is 16.0 Å². The molecule has 0 saturated carbocycles. The number of hydrogen-bond donors (Lipinski definition) is 0. The van der Waals surface area contributed by atoms with Crippen LogP contribution in [0.1, 0.15) is 43.2 Å². The van der Waals surface area contributed by atoms with E-state index in [1.54, 1.807) is 6.20 Å². The van der Waals surface area contributed by atoms with Crippen LogP contribution in [0.15, 0.2) is 53.5 Å². The molecule has 0 radical (unpaired) electrons. The second-order valence-corrected chi connectivity index (χ2v) is 7.64. The minimum Gasteiger partial charge on any atom is -0.269 e. The summed E-state index contributed by atoms with van der Waals surface area (Å²) >= 11 is 6.45. The molecule has 0 aliphatic rings. The molecule has 3 nitrogen and oxygen atoms in total. The molecule has 0 spiro atoms. The number of aryl methyl sites for hydroxylation is 1. The van der Waals surface area contributed by atoms with Crippen LogP contribution in [0.3, 0.4) is 0 Å². The third-order valence-corrected chi connectivity index (χ3v) is 4.50. The van der Waals surface area contributed by atoms with Gasteiger partial charge in [-0.2, -0.15) is 0 Å². The normalized spacial score (nSPS) is 12.6. The Morgan fingerprint density at radius 1 is 1.16 bits per heavy atom. The average molecular weight is 353 g/mol. The summed E-state index contributed by atoms with van der Waals surface area (Å²) in [6, 6.07) is 13.5. The maximum absolute atomic E-state index is 12.3. The summed E-state index contributed by atoms with van der Waals surface area (Å²) < 4.78 is 1.53. The van der Waals surface area contributed by atoms with Crippen molar-refractivity contribution in [2.24, 2.45) is 0 Å². The molecule has 0 amide bonds. The van der Waals surface area contributed by atoms with E-state index in [-0.39, 0.29) is 11.0 Å². The molecule has 0 atom stereocenters. The van der Waals surface area contributed by atoms with Gasteiger partial charge >= 0.3 is 0 Å². The van der Waals surface area contributed by atoms with Gasteiger partial charge < -0.3 is 0 Å². The van der Waals surface area contributed by atoms with Crippen molar-refractivity contribution in [1.82, 2.24) is 9.38 Å². The minimum atomic E-state index is -0.140. The van der Waals surface area contributed by atoms with Crippen LogP contribution >= 0.6 is 11.6 Å². The Hall–Kier alpha value is -2.39. The molecular formula is C21H21ClN2O. The zero-order valence-electron chi connectivity index (χ0n) is 14.9. The lowest BCUT2D eigenvalue weighted by Crippen LogP contribution is -2.15. The Bertz CT molecular complexity index is 1010. The fourth-order valence-corrected chi connectivity index (χ4v) is 2.91. The van der Waals surface area contributed by atoms with Gasteiger partial charge in [0.15, 0.2) is 0 Å². The molecule has 25 heavy (non-hydrogen) atoms. The first kappa shape index (κ1) is 17.4. The maximum atomic E-state index is 12.3. The van der Waals surface area contributed by atoms with E-state index in [0.717, 1.165) is 11.1 Å². The molecule has 0 unspecified atom stereocenters. The van der Waals surface area contributed by atoms with Crippen LogP contribution in [0.25, 0.3) is 16.8 Å². The van der Waals surface area contributed by atoms with E-state index in [4.69, 9.17) is 11.6 Å². The lowest BCUT2D eigenvalue weighted by molar-refractivity contribution is 0.590. The van der Waals surface area contributed by atoms with Gasteiger partial charge in [0.05, 0.1) is 10.7 Å². The summed E-state index contributed by atoms with van der Waals surface area (Å²) in [7, 11) is 0. The Labute approximate surface area is 152 Å². The molecule has 2 heterocycles. The molecule has 0 fully saturated rings. The molecule has 0 saturated heterocycles. The summed E-state index contributed by atoms with van der Waals surface area (Å²) in [5.41, 5.74) is 4.25. The van der Waals surface area contributed by atoms with Gasteiger partial charge in [0.25, 0.3) is 5.56 Å². The highest BCUT2D eigenvalue weighted by Gasteiger charge is 2.13. The summed E-state index contributed by atoms with van der Waals surface area (Å²) in [6.45, 7) is 8.47. The summed E-state index contributed by atoms with van der Waals surface area (Å²) in [5.74, 6) is 0. The van der Waals surface area contributed by atoms with Crippen LogP contribution in [-0.4, -0.2) is 9.38 Å². The van der Waals surface area contributed by atoms with Crippen LogP contribution in [0.4, 0.5) is 0 Å². The second kappa shape index (κ2) is 6.49. The Morgan fingerprint density at radius 3 is 2.48 bits per heavy atom. The molecule has 0 bridgehead atoms. The monoisotopic (exact) mass is 352 g/mol. The van der Waals surface area contributed by atoms with Gasteiger partial charge in [0.1, 0.15) is 5.65 Å². The molecule has 0 N–H and O–H groups in total. The fourth-order valence-electron chi connectivity index (χ4n) is 2.68. The zero-order chi connectivity index (χ0) is 18.2. The Balaban J connectivity index is 2.02. The standard InChI is InChI=1S/C21H21ClN2O/c1-14-6-5-11-24-19(25)13-18(23-20(14)24)17(22)12-15-7-9-16(10-8-15)21(2,3)4/h5-13H,1-4H3/b17-12-. The Morgan fingerprint density at radius 2 is 1.84 bits per heavy atom. The van der Waals surface area contributed by atoms with Crippen LogP contribution in [0.5, 0.6) is 0 Å². The van der Waals surface area contributed by atoms with Crippen molar-refractivity contribution in [3.05, 3.63) is 81.4 Å². The molecule has 0 aliphatic carbocycles. The quantitative estimate of drug-likeness (QED) is 0.647. The molecular weight excluding hydrogens is 332 g/mol. The van der Waals surface area contributed by atoms with E-state index in [2.05, 4.69) is 37.9 Å². The summed E-state index contributed by atoms with van der Waals surface area (Å²) in [6.07, 6.45) is 3.55. The fraction of sp³-hybridized carbons (Fsp3) is 0.238. The third kappa shape index (κ3) is 3.67. The van der Waals surface area contributed by atoms with Crippen molar-refractivity contribution in [3.63, 3.8) is 0 Å². The predicted octanol–water partition coefficient (Wildman–Crippen LogP) is 5.04. The molecule has 0 aliphatic heterocycles. The number of rotatable bonds is 2. The molecule has 3 aromatic rings. The van der Waals surface area contributed by atoms with Crippen molar-refractivity contribution in [2.75, 3.05) is 0 Å². The van der Waals surface area contributed by atoms with E-state index >= 15 is 0 Å². The number of hydrogen-bond acceptors (Lipinski definition) is 2. The smallest absolute Gasteiger partial charge is 0.258 e. The van der Waals surface area contributed by atoms with E-state index in [0.29, 0.717) is 16.4 Å². The van der Waals surface area contributed by atoms with Crippen molar-refractivity contribution < 1.29 is 0 Å². The zero-order valence-corrected chi connectivity index (χ0v) is 15.6. The number of aromatic nitrogens is 2. The average Bonchev–Trinajstić information content (AvgIpc) is 2.55. The number of benzene rings is 1. The van der Waals surface area contributed by atoms with Crippen LogP contribution in [0.2, 0.25) is 0 Å². The number of pyridine rings is 1. The molecule has 2 aromatic heterocycles. The van der Waals surface area contributed by atoms with Gasteiger partial charge in [-0.3, -0.25) is 9.20 Å². The van der Waals surface area contributed by atoms with Crippen molar-refractivity contribution in [3.8, 4) is 0 Å². The van der Waals surface area contributed by atoms with Crippen molar-refractivity contribution >= 4 is 28.4 Å². The minimum absolute atomic E-state index is 0.109. The van der Waals surface area contributed by atoms with E-state index < -0.39 is 0 Å². The van der Waals surface area contributed by atoms with E-state index in [1.807, 2.05) is 37.3 Å². The highest BCUT2D eigenvalue weighted by molar-refractivity contribution is 6.51. The lowest BCUT2D eigenvalue weighted by Gasteiger charge is -2.18. The van der Waals surface area contributed by atoms with Gasteiger partial charge in [-0.25, -0.2) is 4.98 Å². The summed E-state index contributed by atoms with van der Waals surface area (Å²) in [5, 5.41) is 0.450. The van der Waals surface area contributed by atoms with E-state index in [9.17, 15) is 4.79 Å². The Kier molecular flexibility index (Phi) is 4.53. The molecule has 1 aromatic carbocycles. The van der Waals surface area contributed by atoms with Gasteiger partial charge in [0, 0.05) is 12.3 Å². The number of fused-ring (bicyclic) bond motifs is 1. The van der Waals surface area contributed by atoms with Crippen molar-refractivity contribution in [2.45, 2.75) is 33.1 Å². The first-order chi connectivity index (χ1) is 11.8. The SMILES string of the molecule is Cc1cccn2c(=O)cc(/C(Cl)=C/c3ccc(C(C)(C)C)cc3)nc12. The van der Waals surface area contributed by atoms with Gasteiger partial charge in [-0.05, 0) is 41.2 Å². The predicted molar refractivity (Wildman–Crippen MR) is 105 cm³/mol. The van der Waals surface area contributed by atoms with Crippen LogP contribution in [0, 0.1) is 6.92 Å². The topological polar surface area (TPSA) is 34.4 Å². The first-order valence-corrected chi connectivity index (χ1v) is 8.61. The lowest BCUT2D eigenvalue weighted by atomic mass is 9.87. The van der Waals surface area contributed by atoms with Gasteiger partial charge in [-0.15, -0.1) is 0 Å². The van der Waals surface area contributed by atoms with Gasteiger partial charge in [-0.1, -0.05) is 62.7 Å². The largest absolute Gasteiger partial charge is 0.269 e. The molecule has 3 rings (SSSR count).